The monoisotopic (exact) mass is 246 g/mol. The van der Waals surface area contributed by atoms with Crippen molar-refractivity contribution in [3.63, 3.8) is 0 Å². The summed E-state index contributed by atoms with van der Waals surface area (Å²) in [4.78, 5) is 22.7. The van der Waals surface area contributed by atoms with Crippen LogP contribution in [0, 0.1) is 0 Å². The van der Waals surface area contributed by atoms with E-state index >= 15 is 0 Å². The van der Waals surface area contributed by atoms with Crippen LogP contribution in [0.25, 0.3) is 0 Å². The molecule has 0 radical (unpaired) electrons. The van der Waals surface area contributed by atoms with E-state index in [9.17, 15) is 9.59 Å². The Morgan fingerprint density at radius 2 is 1.94 bits per heavy atom. The summed E-state index contributed by atoms with van der Waals surface area (Å²) in [7, 11) is 1.30. The molecular formula is C12H10N2O4. The highest BCUT2D eigenvalue weighted by molar-refractivity contribution is 5.89. The molecule has 0 bridgehead atoms. The SMILES string of the molecule is COC(=O)c1ccc(OC(=O)n2cccn2)cc1. The van der Waals surface area contributed by atoms with Crippen LogP contribution in [0.4, 0.5) is 4.79 Å². The highest BCUT2D eigenvalue weighted by Gasteiger charge is 2.09. The summed E-state index contributed by atoms with van der Waals surface area (Å²) in [5.74, 6) is -0.122. The molecule has 18 heavy (non-hydrogen) atoms. The molecule has 0 aliphatic rings. The molecule has 2 aromatic rings. The number of hydrogen-bond acceptors (Lipinski definition) is 5. The van der Waals surface area contributed by atoms with E-state index < -0.39 is 12.1 Å². The highest BCUT2D eigenvalue weighted by Crippen LogP contribution is 2.13. The molecule has 92 valence electrons. The van der Waals surface area contributed by atoms with Crippen molar-refractivity contribution in [2.45, 2.75) is 0 Å². The second-order valence-electron chi connectivity index (χ2n) is 3.33. The minimum Gasteiger partial charge on any atom is -0.465 e. The smallest absolute Gasteiger partial charge is 0.440 e. The number of carbonyl (C=O) groups excluding carboxylic acids is 2. The van der Waals surface area contributed by atoms with Gasteiger partial charge < -0.3 is 9.47 Å². The Bertz CT molecular complexity index is 546. The van der Waals surface area contributed by atoms with Gasteiger partial charge in [0.05, 0.1) is 12.7 Å². The average molecular weight is 246 g/mol. The van der Waals surface area contributed by atoms with Gasteiger partial charge in [0.2, 0.25) is 0 Å². The molecule has 0 saturated carbocycles. The fourth-order valence-corrected chi connectivity index (χ4v) is 1.30. The summed E-state index contributed by atoms with van der Waals surface area (Å²) in [5.41, 5.74) is 0.386. The van der Waals surface area contributed by atoms with Gasteiger partial charge in [-0.25, -0.2) is 9.59 Å². The normalized spacial score (nSPS) is 9.83. The molecule has 0 unspecified atom stereocenters. The summed E-state index contributed by atoms with van der Waals surface area (Å²) in [6.45, 7) is 0. The van der Waals surface area contributed by atoms with E-state index in [2.05, 4.69) is 9.84 Å². The Labute approximate surface area is 103 Å². The standard InChI is InChI=1S/C12H10N2O4/c1-17-11(15)9-3-5-10(6-4-9)18-12(16)14-8-2-7-13-14/h2-8H,1H3. The first-order chi connectivity index (χ1) is 8.70. The van der Waals surface area contributed by atoms with Crippen LogP contribution in [0.2, 0.25) is 0 Å². The van der Waals surface area contributed by atoms with Crippen LogP contribution in [0.3, 0.4) is 0 Å². The number of aromatic nitrogens is 2. The van der Waals surface area contributed by atoms with Crippen LogP contribution in [0.15, 0.2) is 42.7 Å². The van der Waals surface area contributed by atoms with Crippen molar-refractivity contribution in [1.29, 1.82) is 0 Å². The van der Waals surface area contributed by atoms with Crippen LogP contribution >= 0.6 is 0 Å². The van der Waals surface area contributed by atoms with Crippen molar-refractivity contribution < 1.29 is 19.1 Å². The van der Waals surface area contributed by atoms with Crippen LogP contribution in [0.1, 0.15) is 10.4 Å². The third-order valence-corrected chi connectivity index (χ3v) is 2.17. The van der Waals surface area contributed by atoms with Crippen LogP contribution in [0.5, 0.6) is 5.75 Å². The maximum absolute atomic E-state index is 11.5. The number of carbonyl (C=O) groups is 2. The van der Waals surface area contributed by atoms with E-state index in [4.69, 9.17) is 4.74 Å². The van der Waals surface area contributed by atoms with E-state index in [-0.39, 0.29) is 0 Å². The molecule has 6 heteroatoms. The lowest BCUT2D eigenvalue weighted by atomic mass is 10.2. The number of esters is 1. The van der Waals surface area contributed by atoms with Crippen molar-refractivity contribution in [3.8, 4) is 5.75 Å². The Morgan fingerprint density at radius 1 is 1.22 bits per heavy atom. The Balaban J connectivity index is 2.07. The van der Waals surface area contributed by atoms with Crippen LogP contribution < -0.4 is 4.74 Å². The number of hydrogen-bond donors (Lipinski definition) is 0. The predicted molar refractivity (Wildman–Crippen MR) is 61.4 cm³/mol. The van der Waals surface area contributed by atoms with Crippen LogP contribution in [-0.2, 0) is 4.74 Å². The van der Waals surface area contributed by atoms with Gasteiger partial charge in [0.1, 0.15) is 5.75 Å². The fraction of sp³-hybridized carbons (Fsp3) is 0.0833. The summed E-state index contributed by atoms with van der Waals surface area (Å²) in [5, 5.41) is 3.74. The van der Waals surface area contributed by atoms with Crippen molar-refractivity contribution in [2.24, 2.45) is 0 Å². The lowest BCUT2D eigenvalue weighted by Gasteiger charge is -2.04. The molecule has 0 aliphatic heterocycles. The van der Waals surface area contributed by atoms with Crippen molar-refractivity contribution in [2.75, 3.05) is 7.11 Å². The van der Waals surface area contributed by atoms with Gasteiger partial charge in [0.15, 0.2) is 0 Å². The molecule has 1 aromatic carbocycles. The molecule has 0 N–H and O–H groups in total. The van der Waals surface area contributed by atoms with Gasteiger partial charge in [-0.15, -0.1) is 0 Å². The lowest BCUT2D eigenvalue weighted by Crippen LogP contribution is -2.17. The number of benzene rings is 1. The van der Waals surface area contributed by atoms with Gasteiger partial charge >= 0.3 is 12.1 Å². The number of rotatable bonds is 2. The van der Waals surface area contributed by atoms with Crippen LogP contribution in [-0.4, -0.2) is 29.0 Å². The van der Waals surface area contributed by atoms with Gasteiger partial charge in [-0.2, -0.15) is 9.78 Å². The molecule has 0 spiro atoms. The molecule has 0 aliphatic carbocycles. The molecule has 1 heterocycles. The van der Waals surface area contributed by atoms with Gasteiger partial charge in [-0.05, 0) is 30.3 Å². The minimum atomic E-state index is -0.620. The fourth-order valence-electron chi connectivity index (χ4n) is 1.30. The van der Waals surface area contributed by atoms with Gasteiger partial charge in [0.25, 0.3) is 0 Å². The summed E-state index contributed by atoms with van der Waals surface area (Å²) in [6.07, 6.45) is 2.33. The largest absolute Gasteiger partial charge is 0.465 e. The maximum Gasteiger partial charge on any atom is 0.440 e. The van der Waals surface area contributed by atoms with Gasteiger partial charge in [-0.1, -0.05) is 0 Å². The number of ether oxygens (including phenoxy) is 2. The average Bonchev–Trinajstić information content (AvgIpc) is 2.92. The third-order valence-electron chi connectivity index (χ3n) is 2.17. The molecule has 0 saturated heterocycles. The van der Waals surface area contributed by atoms with E-state index in [1.54, 1.807) is 6.07 Å². The quantitative estimate of drug-likeness (QED) is 0.754. The topological polar surface area (TPSA) is 70.4 Å². The Morgan fingerprint density at radius 3 is 2.50 bits per heavy atom. The van der Waals surface area contributed by atoms with Gasteiger partial charge in [0, 0.05) is 12.4 Å². The highest BCUT2D eigenvalue weighted by atomic mass is 16.6. The maximum atomic E-state index is 11.5. The van der Waals surface area contributed by atoms with Crippen molar-refractivity contribution in [1.82, 2.24) is 9.78 Å². The third kappa shape index (κ3) is 2.54. The molecular weight excluding hydrogens is 236 g/mol. The summed E-state index contributed by atoms with van der Waals surface area (Å²) >= 11 is 0. The zero-order valence-corrected chi connectivity index (χ0v) is 9.57. The van der Waals surface area contributed by atoms with E-state index in [1.807, 2.05) is 0 Å². The molecule has 2 rings (SSSR count). The molecule has 6 nitrogen and oxygen atoms in total. The molecule has 0 atom stereocenters. The summed E-state index contributed by atoms with van der Waals surface area (Å²) < 4.78 is 10.7. The van der Waals surface area contributed by atoms with Crippen molar-refractivity contribution >= 4 is 12.1 Å². The van der Waals surface area contributed by atoms with E-state index in [0.717, 1.165) is 4.68 Å². The number of nitrogens with zero attached hydrogens (tertiary/aromatic N) is 2. The zero-order valence-electron chi connectivity index (χ0n) is 9.57. The molecule has 1 aromatic heterocycles. The van der Waals surface area contributed by atoms with E-state index in [0.29, 0.717) is 11.3 Å². The zero-order chi connectivity index (χ0) is 13.0. The first-order valence-electron chi connectivity index (χ1n) is 5.11. The number of methoxy groups -OCH3 is 1. The lowest BCUT2D eigenvalue weighted by molar-refractivity contribution is 0.0600. The second-order valence-corrected chi connectivity index (χ2v) is 3.33. The Kier molecular flexibility index (Phi) is 3.38. The van der Waals surface area contributed by atoms with Crippen molar-refractivity contribution in [3.05, 3.63) is 48.3 Å². The van der Waals surface area contributed by atoms with Gasteiger partial charge in [-0.3, -0.25) is 0 Å². The first kappa shape index (κ1) is 11.8. The second kappa shape index (κ2) is 5.13. The molecule has 0 amide bonds. The Hall–Kier alpha value is -2.63. The predicted octanol–water partition coefficient (Wildman–Crippen LogP) is 1.72. The summed E-state index contributed by atoms with van der Waals surface area (Å²) in [6, 6.07) is 7.65. The first-order valence-corrected chi connectivity index (χ1v) is 5.11. The van der Waals surface area contributed by atoms with E-state index in [1.165, 1.54) is 43.8 Å². The molecule has 0 fully saturated rings. The minimum absolute atomic E-state index is 0.322.